The van der Waals surface area contributed by atoms with Crippen molar-refractivity contribution in [1.29, 1.82) is 0 Å². The highest BCUT2D eigenvalue weighted by molar-refractivity contribution is 6.42. The minimum absolute atomic E-state index is 0.317. The molecule has 7 heteroatoms. The first-order valence-corrected chi connectivity index (χ1v) is 8.33. The largest absolute Gasteiger partial charge is 0.348 e. The van der Waals surface area contributed by atoms with Crippen LogP contribution in [0, 0.1) is 0 Å². The third-order valence-electron chi connectivity index (χ3n) is 4.00. The fraction of sp³-hybridized carbons (Fsp3) is 0.167. The molecule has 1 aliphatic rings. The summed E-state index contributed by atoms with van der Waals surface area (Å²) in [6.45, 7) is 1.44. The van der Waals surface area contributed by atoms with E-state index in [-0.39, 0.29) is 12.6 Å². The first kappa shape index (κ1) is 17.5. The van der Waals surface area contributed by atoms with E-state index in [0.29, 0.717) is 21.2 Å². The molecular formula is C18H14Cl2N2O3. The molecule has 1 atom stereocenters. The third-order valence-corrected chi connectivity index (χ3v) is 4.74. The molecule has 1 heterocycles. The number of carbonyl (C=O) groups excluding carboxylic acids is 3. The Labute approximate surface area is 154 Å². The van der Waals surface area contributed by atoms with Gasteiger partial charge in [-0.2, -0.15) is 0 Å². The van der Waals surface area contributed by atoms with Gasteiger partial charge in [0.2, 0.25) is 5.91 Å². The molecule has 25 heavy (non-hydrogen) atoms. The van der Waals surface area contributed by atoms with Gasteiger partial charge in [0.1, 0.15) is 6.54 Å². The van der Waals surface area contributed by atoms with Gasteiger partial charge < -0.3 is 5.32 Å². The van der Waals surface area contributed by atoms with Gasteiger partial charge in [0.15, 0.2) is 0 Å². The van der Waals surface area contributed by atoms with Gasteiger partial charge >= 0.3 is 0 Å². The van der Waals surface area contributed by atoms with E-state index in [1.54, 1.807) is 49.4 Å². The molecule has 0 aliphatic carbocycles. The Morgan fingerprint density at radius 3 is 2.20 bits per heavy atom. The van der Waals surface area contributed by atoms with Crippen LogP contribution in [0.3, 0.4) is 0 Å². The van der Waals surface area contributed by atoms with E-state index in [1.165, 1.54) is 0 Å². The van der Waals surface area contributed by atoms with Crippen LogP contribution >= 0.6 is 23.2 Å². The van der Waals surface area contributed by atoms with E-state index in [4.69, 9.17) is 23.2 Å². The normalized spacial score (nSPS) is 14.4. The minimum atomic E-state index is -0.460. The van der Waals surface area contributed by atoms with Crippen molar-refractivity contribution in [3.05, 3.63) is 69.2 Å². The van der Waals surface area contributed by atoms with Gasteiger partial charge in [-0.25, -0.2) is 0 Å². The highest BCUT2D eigenvalue weighted by atomic mass is 35.5. The average molecular weight is 377 g/mol. The molecule has 0 saturated heterocycles. The Bertz CT molecular complexity index is 847. The van der Waals surface area contributed by atoms with Crippen LogP contribution in [0.5, 0.6) is 0 Å². The van der Waals surface area contributed by atoms with Gasteiger partial charge in [-0.3, -0.25) is 19.3 Å². The maximum Gasteiger partial charge on any atom is 0.262 e. The second-order valence-corrected chi connectivity index (χ2v) is 6.52. The molecule has 0 saturated carbocycles. The van der Waals surface area contributed by atoms with Crippen molar-refractivity contribution in [2.75, 3.05) is 6.54 Å². The molecule has 2 aromatic carbocycles. The maximum absolute atomic E-state index is 12.3. The molecule has 5 nitrogen and oxygen atoms in total. The van der Waals surface area contributed by atoms with E-state index >= 15 is 0 Å². The average Bonchev–Trinajstić information content (AvgIpc) is 2.82. The second kappa shape index (κ2) is 6.86. The lowest BCUT2D eigenvalue weighted by atomic mass is 10.1. The monoisotopic (exact) mass is 376 g/mol. The quantitative estimate of drug-likeness (QED) is 0.830. The molecule has 0 spiro atoms. The SMILES string of the molecule is C[C@H](NC(=O)CN1C(=O)c2ccccc2C1=O)c1ccc(Cl)c(Cl)c1. The van der Waals surface area contributed by atoms with Gasteiger partial charge in [0.25, 0.3) is 11.8 Å². The molecule has 3 amide bonds. The van der Waals surface area contributed by atoms with E-state index < -0.39 is 17.7 Å². The molecule has 1 aliphatic heterocycles. The maximum atomic E-state index is 12.3. The molecular weight excluding hydrogens is 363 g/mol. The summed E-state index contributed by atoms with van der Waals surface area (Å²) in [6, 6.07) is 11.2. The van der Waals surface area contributed by atoms with E-state index in [2.05, 4.69) is 5.32 Å². The zero-order valence-electron chi connectivity index (χ0n) is 13.3. The fourth-order valence-corrected chi connectivity index (χ4v) is 2.99. The van der Waals surface area contributed by atoms with Crippen LogP contribution in [0.4, 0.5) is 0 Å². The number of rotatable bonds is 4. The summed E-state index contributed by atoms with van der Waals surface area (Å²) in [5.74, 6) is -1.36. The number of carbonyl (C=O) groups is 3. The summed E-state index contributed by atoms with van der Waals surface area (Å²) in [6.07, 6.45) is 0. The van der Waals surface area contributed by atoms with Gasteiger partial charge in [-0.15, -0.1) is 0 Å². The summed E-state index contributed by atoms with van der Waals surface area (Å²) >= 11 is 11.9. The molecule has 0 bridgehead atoms. The van der Waals surface area contributed by atoms with Crippen molar-refractivity contribution in [2.24, 2.45) is 0 Å². The first-order chi connectivity index (χ1) is 11.9. The fourth-order valence-electron chi connectivity index (χ4n) is 2.68. The predicted octanol–water partition coefficient (Wildman–Crippen LogP) is 3.47. The molecule has 128 valence electrons. The van der Waals surface area contributed by atoms with Crippen molar-refractivity contribution in [3.63, 3.8) is 0 Å². The lowest BCUT2D eigenvalue weighted by Crippen LogP contribution is -2.41. The zero-order valence-corrected chi connectivity index (χ0v) is 14.8. The van der Waals surface area contributed by atoms with Crippen molar-refractivity contribution in [1.82, 2.24) is 10.2 Å². The van der Waals surface area contributed by atoms with E-state index in [9.17, 15) is 14.4 Å². The molecule has 0 unspecified atom stereocenters. The Balaban J connectivity index is 1.68. The molecule has 0 aromatic heterocycles. The number of nitrogens with zero attached hydrogens (tertiary/aromatic N) is 1. The zero-order chi connectivity index (χ0) is 18.1. The Kier molecular flexibility index (Phi) is 4.79. The lowest BCUT2D eigenvalue weighted by molar-refractivity contribution is -0.122. The first-order valence-electron chi connectivity index (χ1n) is 7.58. The van der Waals surface area contributed by atoms with E-state index in [0.717, 1.165) is 10.5 Å². The Morgan fingerprint density at radius 1 is 1.04 bits per heavy atom. The number of nitrogens with one attached hydrogen (secondary N) is 1. The van der Waals surface area contributed by atoms with Crippen LogP contribution in [0.1, 0.15) is 39.2 Å². The van der Waals surface area contributed by atoms with Gasteiger partial charge in [0.05, 0.1) is 27.2 Å². The highest BCUT2D eigenvalue weighted by Crippen LogP contribution is 2.26. The van der Waals surface area contributed by atoms with Crippen molar-refractivity contribution < 1.29 is 14.4 Å². The number of hydrogen-bond acceptors (Lipinski definition) is 3. The molecule has 1 N–H and O–H groups in total. The number of halogens is 2. The van der Waals surface area contributed by atoms with Crippen LogP contribution < -0.4 is 5.32 Å². The number of amides is 3. The van der Waals surface area contributed by atoms with Gasteiger partial charge in [-0.1, -0.05) is 41.4 Å². The van der Waals surface area contributed by atoms with Crippen LogP contribution in [0.2, 0.25) is 10.0 Å². The molecule has 2 aromatic rings. The van der Waals surface area contributed by atoms with Crippen LogP contribution in [0.25, 0.3) is 0 Å². The number of fused-ring (bicyclic) bond motifs is 1. The standard InChI is InChI=1S/C18H14Cl2N2O3/c1-10(11-6-7-14(19)15(20)8-11)21-16(23)9-22-17(24)12-4-2-3-5-13(12)18(22)25/h2-8,10H,9H2,1H3,(H,21,23)/t10-/m0/s1. The Hall–Kier alpha value is -2.37. The van der Waals surface area contributed by atoms with Crippen molar-refractivity contribution in [2.45, 2.75) is 13.0 Å². The second-order valence-electron chi connectivity index (χ2n) is 5.70. The predicted molar refractivity (Wildman–Crippen MR) is 94.8 cm³/mol. The van der Waals surface area contributed by atoms with Crippen molar-refractivity contribution >= 4 is 40.9 Å². The summed E-state index contributed by atoms with van der Waals surface area (Å²) in [5, 5.41) is 3.57. The third kappa shape index (κ3) is 3.38. The van der Waals surface area contributed by atoms with Gasteiger partial charge in [0, 0.05) is 0 Å². The summed E-state index contributed by atoms with van der Waals surface area (Å²) in [7, 11) is 0. The lowest BCUT2D eigenvalue weighted by Gasteiger charge is -2.18. The smallest absolute Gasteiger partial charge is 0.262 e. The summed E-state index contributed by atoms with van der Waals surface area (Å²) in [5.41, 5.74) is 1.40. The number of benzene rings is 2. The molecule has 0 radical (unpaired) electrons. The van der Waals surface area contributed by atoms with Crippen LogP contribution in [0.15, 0.2) is 42.5 Å². The van der Waals surface area contributed by atoms with Crippen molar-refractivity contribution in [3.8, 4) is 0 Å². The van der Waals surface area contributed by atoms with Crippen LogP contribution in [-0.4, -0.2) is 29.2 Å². The summed E-state index contributed by atoms with van der Waals surface area (Å²) < 4.78 is 0. The molecule has 3 rings (SSSR count). The van der Waals surface area contributed by atoms with E-state index in [1.807, 2.05) is 0 Å². The highest BCUT2D eigenvalue weighted by Gasteiger charge is 2.36. The minimum Gasteiger partial charge on any atom is -0.348 e. The number of imide groups is 1. The topological polar surface area (TPSA) is 66.5 Å². The Morgan fingerprint density at radius 2 is 1.64 bits per heavy atom. The summed E-state index contributed by atoms with van der Waals surface area (Å²) in [4.78, 5) is 37.8. The van der Waals surface area contributed by atoms with Gasteiger partial charge in [-0.05, 0) is 36.8 Å². The molecule has 0 fully saturated rings. The number of hydrogen-bond donors (Lipinski definition) is 1. The van der Waals surface area contributed by atoms with Crippen LogP contribution in [-0.2, 0) is 4.79 Å².